The maximum Gasteiger partial charge on any atom is 0.280 e. The van der Waals surface area contributed by atoms with Gasteiger partial charge in [-0.25, -0.2) is 0 Å². The molecule has 0 unspecified atom stereocenters. The number of guanidine groups is 1. The largest absolute Gasteiger partial charge is 0.370 e. The molecule has 0 spiro atoms. The van der Waals surface area contributed by atoms with Crippen molar-refractivity contribution in [3.8, 4) is 11.1 Å². The Balaban J connectivity index is 0.00000420. The van der Waals surface area contributed by atoms with Crippen LogP contribution in [0.5, 0.6) is 0 Å². The van der Waals surface area contributed by atoms with E-state index in [2.05, 4.69) is 10.3 Å². The third-order valence-electron chi connectivity index (χ3n) is 3.71. The molecule has 0 aliphatic rings. The van der Waals surface area contributed by atoms with Gasteiger partial charge in [-0.2, -0.15) is 4.99 Å². The van der Waals surface area contributed by atoms with Crippen LogP contribution in [0.2, 0.25) is 8.67 Å². The van der Waals surface area contributed by atoms with E-state index in [1.54, 1.807) is 18.2 Å². The highest BCUT2D eigenvalue weighted by Crippen LogP contribution is 2.38. The van der Waals surface area contributed by atoms with Crippen LogP contribution in [0.3, 0.4) is 0 Å². The van der Waals surface area contributed by atoms with Crippen LogP contribution >= 0.6 is 59.4 Å². The molecule has 0 saturated carbocycles. The van der Waals surface area contributed by atoms with Crippen LogP contribution in [0.4, 0.5) is 0 Å². The number of hydrogen-bond acceptors (Lipinski definition) is 4. The third kappa shape index (κ3) is 8.29. The molecule has 2 aromatic rings. The lowest BCUT2D eigenvalue weighted by atomic mass is 10.0. The average Bonchev–Trinajstić information content (AvgIpc) is 2.95. The molecule has 1 heterocycles. The zero-order valence-electron chi connectivity index (χ0n) is 16.3. The molecule has 0 aliphatic heterocycles. The molecule has 166 valence electrons. The van der Waals surface area contributed by atoms with Crippen molar-refractivity contribution in [1.29, 1.82) is 0 Å². The van der Waals surface area contributed by atoms with E-state index in [1.165, 1.54) is 17.4 Å². The predicted octanol–water partition coefficient (Wildman–Crippen LogP) is 3.66. The number of thiophene rings is 1. The standard InChI is InChI=1S/C18H21Cl2N5O2S.2ClH/c1-25(2)5-3-4-23-16(26)11-6-10(13-9-14(19)28-15(13)20)7-12(8-11)17(27)24-18(21)22;;/h6-9H,3-5H2,1-2H3,(H,23,26)(H4,21,22,24,27);2*1H. The lowest BCUT2D eigenvalue weighted by Gasteiger charge is -2.11. The molecule has 2 rings (SSSR count). The Morgan fingerprint density at radius 2 is 1.73 bits per heavy atom. The van der Waals surface area contributed by atoms with Gasteiger partial charge in [-0.3, -0.25) is 9.59 Å². The minimum Gasteiger partial charge on any atom is -0.370 e. The molecule has 12 heteroatoms. The Morgan fingerprint density at radius 1 is 1.10 bits per heavy atom. The second-order valence-electron chi connectivity index (χ2n) is 6.29. The van der Waals surface area contributed by atoms with Crippen LogP contribution in [-0.4, -0.2) is 49.9 Å². The topological polar surface area (TPSA) is 114 Å². The van der Waals surface area contributed by atoms with Crippen molar-refractivity contribution in [2.45, 2.75) is 6.42 Å². The summed E-state index contributed by atoms with van der Waals surface area (Å²) in [6.07, 6.45) is 0.796. The molecule has 0 atom stereocenters. The van der Waals surface area contributed by atoms with Crippen molar-refractivity contribution in [1.82, 2.24) is 10.2 Å². The normalized spacial score (nSPS) is 10.0. The van der Waals surface area contributed by atoms with Crippen LogP contribution in [0, 0.1) is 0 Å². The van der Waals surface area contributed by atoms with Gasteiger partial charge < -0.3 is 21.7 Å². The van der Waals surface area contributed by atoms with E-state index in [9.17, 15) is 9.59 Å². The number of nitrogens with one attached hydrogen (secondary N) is 1. The quantitative estimate of drug-likeness (QED) is 0.296. The van der Waals surface area contributed by atoms with Crippen molar-refractivity contribution < 1.29 is 9.59 Å². The number of benzene rings is 1. The van der Waals surface area contributed by atoms with Gasteiger partial charge in [-0.15, -0.1) is 36.2 Å². The molecule has 5 N–H and O–H groups in total. The first-order valence-corrected chi connectivity index (χ1v) is 9.92. The van der Waals surface area contributed by atoms with Crippen molar-refractivity contribution in [2.75, 3.05) is 27.2 Å². The highest BCUT2D eigenvalue weighted by Gasteiger charge is 2.16. The molecule has 0 aliphatic carbocycles. The Hall–Kier alpha value is -1.55. The molecule has 0 bridgehead atoms. The van der Waals surface area contributed by atoms with Crippen LogP contribution in [0.1, 0.15) is 27.1 Å². The Kier molecular flexibility index (Phi) is 12.3. The maximum absolute atomic E-state index is 12.6. The molecule has 7 nitrogen and oxygen atoms in total. The zero-order valence-corrected chi connectivity index (χ0v) is 20.2. The van der Waals surface area contributed by atoms with E-state index in [0.717, 1.165) is 13.0 Å². The lowest BCUT2D eigenvalue weighted by molar-refractivity contribution is 0.0952. The summed E-state index contributed by atoms with van der Waals surface area (Å²) in [6, 6.07) is 6.35. The smallest absolute Gasteiger partial charge is 0.280 e. The van der Waals surface area contributed by atoms with Gasteiger partial charge in [0.15, 0.2) is 5.96 Å². The van der Waals surface area contributed by atoms with Gasteiger partial charge in [0.1, 0.15) is 4.34 Å². The van der Waals surface area contributed by atoms with E-state index in [0.29, 0.717) is 31.9 Å². The average molecular weight is 515 g/mol. The zero-order chi connectivity index (χ0) is 20.8. The monoisotopic (exact) mass is 513 g/mol. The number of hydrogen-bond donors (Lipinski definition) is 3. The summed E-state index contributed by atoms with van der Waals surface area (Å²) in [4.78, 5) is 30.5. The molecular weight excluding hydrogens is 492 g/mol. The second kappa shape index (κ2) is 13.0. The molecular formula is C18H23Cl4N5O2S. The Labute approximate surface area is 201 Å². The van der Waals surface area contributed by atoms with E-state index in [-0.39, 0.29) is 42.2 Å². The highest BCUT2D eigenvalue weighted by atomic mass is 35.5. The summed E-state index contributed by atoms with van der Waals surface area (Å²) >= 11 is 13.5. The minimum atomic E-state index is -0.652. The summed E-state index contributed by atoms with van der Waals surface area (Å²) < 4.78 is 0.949. The van der Waals surface area contributed by atoms with Gasteiger partial charge in [-0.05, 0) is 56.9 Å². The SMILES string of the molecule is CN(C)CCCNC(=O)c1cc(C(=O)N=C(N)N)cc(-c2cc(Cl)sc2Cl)c1.Cl.Cl. The highest BCUT2D eigenvalue weighted by molar-refractivity contribution is 7.20. The number of carbonyl (C=O) groups excluding carboxylic acids is 2. The molecule has 0 fully saturated rings. The maximum atomic E-state index is 12.6. The molecule has 0 saturated heterocycles. The number of carbonyl (C=O) groups is 2. The Morgan fingerprint density at radius 3 is 2.27 bits per heavy atom. The summed E-state index contributed by atoms with van der Waals surface area (Å²) in [5, 5.41) is 2.84. The van der Waals surface area contributed by atoms with Gasteiger partial charge in [0.25, 0.3) is 11.8 Å². The fraction of sp³-hybridized carbons (Fsp3) is 0.278. The molecule has 1 aromatic carbocycles. The van der Waals surface area contributed by atoms with Gasteiger partial charge in [0.05, 0.1) is 4.34 Å². The van der Waals surface area contributed by atoms with Crippen molar-refractivity contribution in [3.05, 3.63) is 44.1 Å². The van der Waals surface area contributed by atoms with Gasteiger partial charge >= 0.3 is 0 Å². The molecule has 30 heavy (non-hydrogen) atoms. The van der Waals surface area contributed by atoms with Gasteiger partial charge in [-0.1, -0.05) is 23.2 Å². The summed E-state index contributed by atoms with van der Waals surface area (Å²) in [5.74, 6) is -1.32. The molecule has 1 aromatic heterocycles. The third-order valence-corrected chi connectivity index (χ3v) is 5.20. The number of nitrogens with zero attached hydrogens (tertiary/aromatic N) is 2. The molecule has 2 amide bonds. The van der Waals surface area contributed by atoms with Crippen molar-refractivity contribution >= 4 is 77.1 Å². The summed E-state index contributed by atoms with van der Waals surface area (Å²) in [6.45, 7) is 1.35. The number of aliphatic imine (C=N–C) groups is 1. The molecule has 0 radical (unpaired) electrons. The fourth-order valence-corrected chi connectivity index (χ4v) is 3.96. The van der Waals surface area contributed by atoms with Crippen LogP contribution < -0.4 is 16.8 Å². The number of halogens is 4. The Bertz CT molecular complexity index is 914. The van der Waals surface area contributed by atoms with E-state index >= 15 is 0 Å². The first-order valence-electron chi connectivity index (χ1n) is 8.34. The van der Waals surface area contributed by atoms with E-state index in [4.69, 9.17) is 34.7 Å². The summed E-state index contributed by atoms with van der Waals surface area (Å²) in [5.41, 5.74) is 12.3. The first-order chi connectivity index (χ1) is 13.2. The lowest BCUT2D eigenvalue weighted by Crippen LogP contribution is -2.27. The van der Waals surface area contributed by atoms with Gasteiger partial charge in [0, 0.05) is 23.2 Å². The second-order valence-corrected chi connectivity index (χ2v) is 8.58. The number of rotatable bonds is 7. The van der Waals surface area contributed by atoms with Gasteiger partial charge in [0.2, 0.25) is 0 Å². The predicted molar refractivity (Wildman–Crippen MR) is 130 cm³/mol. The van der Waals surface area contributed by atoms with Crippen molar-refractivity contribution in [2.24, 2.45) is 16.5 Å². The van der Waals surface area contributed by atoms with Crippen LogP contribution in [-0.2, 0) is 0 Å². The van der Waals surface area contributed by atoms with Crippen molar-refractivity contribution in [3.63, 3.8) is 0 Å². The number of nitrogens with two attached hydrogens (primary N) is 2. The first kappa shape index (κ1) is 28.5. The van der Waals surface area contributed by atoms with Crippen LogP contribution in [0.25, 0.3) is 11.1 Å². The summed E-state index contributed by atoms with van der Waals surface area (Å²) in [7, 11) is 3.92. The minimum absolute atomic E-state index is 0. The van der Waals surface area contributed by atoms with E-state index < -0.39 is 5.91 Å². The number of amides is 2. The van der Waals surface area contributed by atoms with Crippen LogP contribution in [0.15, 0.2) is 29.3 Å². The van der Waals surface area contributed by atoms with E-state index in [1.807, 2.05) is 19.0 Å². The fourth-order valence-electron chi connectivity index (χ4n) is 2.46.